The van der Waals surface area contributed by atoms with Gasteiger partial charge in [0, 0.05) is 7.05 Å². The highest BCUT2D eigenvalue weighted by Gasteiger charge is 2.31. The number of rotatable bonds is 1. The molecule has 1 aliphatic rings. The minimum absolute atomic E-state index is 0.422. The first-order valence-corrected chi connectivity index (χ1v) is 5.50. The van der Waals surface area contributed by atoms with Gasteiger partial charge in [-0.3, -0.25) is 0 Å². The van der Waals surface area contributed by atoms with Crippen molar-refractivity contribution >= 4 is 23.4 Å². The second-order valence-electron chi connectivity index (χ2n) is 3.08. The van der Waals surface area contributed by atoms with Crippen LogP contribution in [0.5, 0.6) is 0 Å². The largest absolute Gasteiger partial charge is 0.369 e. The molecule has 0 bridgehead atoms. The van der Waals surface area contributed by atoms with E-state index in [2.05, 4.69) is 20.5 Å². The highest BCUT2D eigenvalue weighted by Crippen LogP contribution is 2.27. The van der Waals surface area contributed by atoms with Gasteiger partial charge in [0.15, 0.2) is 24.1 Å². The van der Waals surface area contributed by atoms with Crippen molar-refractivity contribution < 1.29 is 10.2 Å². The quantitative estimate of drug-likeness (QED) is 0.533. The predicted octanol–water partition coefficient (Wildman–Crippen LogP) is -0.908. The third-order valence-electron chi connectivity index (χ3n) is 2.13. The summed E-state index contributed by atoms with van der Waals surface area (Å²) in [6, 6.07) is 0. The Hall–Kier alpha value is -1.12. The third-order valence-corrected chi connectivity index (χ3v) is 2.67. The second kappa shape index (κ2) is 3.80. The van der Waals surface area contributed by atoms with E-state index in [1.165, 1.54) is 16.7 Å². The zero-order valence-electron chi connectivity index (χ0n) is 8.25. The van der Waals surface area contributed by atoms with Gasteiger partial charge in [-0.2, -0.15) is 4.98 Å². The van der Waals surface area contributed by atoms with Gasteiger partial charge in [0.2, 0.25) is 5.16 Å². The molecule has 2 rings (SSSR count). The van der Waals surface area contributed by atoms with Crippen molar-refractivity contribution in [1.29, 1.82) is 0 Å². The van der Waals surface area contributed by atoms with Crippen LogP contribution in [0.25, 0.3) is 0 Å². The Morgan fingerprint density at radius 3 is 2.80 bits per heavy atom. The number of nitrogens with zero attached hydrogens (tertiary/aromatic N) is 4. The first kappa shape index (κ1) is 10.4. The summed E-state index contributed by atoms with van der Waals surface area (Å²) in [5.74, 6) is 0.847. The molecule has 1 aromatic rings. The van der Waals surface area contributed by atoms with Crippen molar-refractivity contribution in [2.75, 3.05) is 23.5 Å². The van der Waals surface area contributed by atoms with Gasteiger partial charge >= 0.3 is 0 Å². The molecule has 0 saturated heterocycles. The molecule has 2 heterocycles. The van der Waals surface area contributed by atoms with Crippen molar-refractivity contribution in [2.24, 2.45) is 0 Å². The summed E-state index contributed by atoms with van der Waals surface area (Å²) < 4.78 is 0. The smallest absolute Gasteiger partial charge is 0.210 e. The molecule has 0 aromatic carbocycles. The zero-order chi connectivity index (χ0) is 11.0. The summed E-state index contributed by atoms with van der Waals surface area (Å²) in [6.07, 6.45) is -0.288. The molecular formula is C7H11N5O2S. The average Bonchev–Trinajstić information content (AvgIpc) is 2.25. The number of aliphatic hydroxyl groups is 2. The van der Waals surface area contributed by atoms with Gasteiger partial charge in [-0.1, -0.05) is 11.8 Å². The van der Waals surface area contributed by atoms with Gasteiger partial charge in [0.1, 0.15) is 0 Å². The van der Waals surface area contributed by atoms with E-state index in [-0.39, 0.29) is 0 Å². The van der Waals surface area contributed by atoms with E-state index >= 15 is 0 Å². The van der Waals surface area contributed by atoms with Crippen LogP contribution in [-0.4, -0.2) is 51.2 Å². The van der Waals surface area contributed by atoms with Gasteiger partial charge in [-0.25, -0.2) is 0 Å². The second-order valence-corrected chi connectivity index (χ2v) is 3.86. The maximum absolute atomic E-state index is 9.53. The van der Waals surface area contributed by atoms with Crippen LogP contribution in [-0.2, 0) is 0 Å². The Labute approximate surface area is 90.5 Å². The van der Waals surface area contributed by atoms with Crippen molar-refractivity contribution in [3.63, 3.8) is 0 Å². The molecule has 1 aliphatic heterocycles. The molecule has 8 heteroatoms. The molecule has 82 valence electrons. The molecule has 0 spiro atoms. The SMILES string of the molecule is CSc1nnc2c(n1)N[C@H](O)[C@H](O)N2C. The van der Waals surface area contributed by atoms with Crippen molar-refractivity contribution in [3.8, 4) is 0 Å². The van der Waals surface area contributed by atoms with Gasteiger partial charge in [0.05, 0.1) is 0 Å². The van der Waals surface area contributed by atoms with Crippen LogP contribution in [0.15, 0.2) is 5.16 Å². The van der Waals surface area contributed by atoms with Crippen LogP contribution in [0.3, 0.4) is 0 Å². The molecule has 2 atom stereocenters. The van der Waals surface area contributed by atoms with Gasteiger partial charge in [-0.05, 0) is 6.26 Å². The lowest BCUT2D eigenvalue weighted by molar-refractivity contribution is 0.0334. The lowest BCUT2D eigenvalue weighted by Crippen LogP contribution is -2.49. The number of anilines is 2. The Morgan fingerprint density at radius 1 is 1.40 bits per heavy atom. The van der Waals surface area contributed by atoms with Gasteiger partial charge < -0.3 is 20.4 Å². The molecule has 0 unspecified atom stereocenters. The number of aromatic nitrogens is 3. The Bertz CT molecular complexity index is 376. The van der Waals surface area contributed by atoms with E-state index in [0.717, 1.165) is 0 Å². The van der Waals surface area contributed by atoms with E-state index in [1.54, 1.807) is 7.05 Å². The summed E-state index contributed by atoms with van der Waals surface area (Å²) >= 11 is 1.36. The fourth-order valence-corrected chi connectivity index (χ4v) is 1.58. The molecule has 0 fully saturated rings. The summed E-state index contributed by atoms with van der Waals surface area (Å²) in [7, 11) is 1.61. The lowest BCUT2D eigenvalue weighted by Gasteiger charge is -2.34. The molecule has 0 radical (unpaired) electrons. The first-order valence-electron chi connectivity index (χ1n) is 4.27. The van der Waals surface area contributed by atoms with Gasteiger partial charge in [0.25, 0.3) is 0 Å². The Kier molecular flexibility index (Phi) is 2.63. The number of hydrogen-bond donors (Lipinski definition) is 3. The van der Waals surface area contributed by atoms with E-state index in [1.807, 2.05) is 6.26 Å². The van der Waals surface area contributed by atoms with Crippen molar-refractivity contribution in [1.82, 2.24) is 15.2 Å². The Morgan fingerprint density at radius 2 is 2.13 bits per heavy atom. The summed E-state index contributed by atoms with van der Waals surface area (Å²) in [6.45, 7) is 0. The Balaban J connectivity index is 2.41. The van der Waals surface area contributed by atoms with E-state index in [0.29, 0.717) is 16.8 Å². The monoisotopic (exact) mass is 229 g/mol. The highest BCUT2D eigenvalue weighted by molar-refractivity contribution is 7.98. The normalized spacial score (nSPS) is 24.7. The predicted molar refractivity (Wildman–Crippen MR) is 55.6 cm³/mol. The third kappa shape index (κ3) is 1.71. The number of hydrogen-bond acceptors (Lipinski definition) is 8. The van der Waals surface area contributed by atoms with Crippen molar-refractivity contribution in [2.45, 2.75) is 17.6 Å². The fraction of sp³-hybridized carbons (Fsp3) is 0.571. The summed E-state index contributed by atoms with van der Waals surface area (Å²) in [4.78, 5) is 5.55. The van der Waals surface area contributed by atoms with Gasteiger partial charge in [-0.15, -0.1) is 10.2 Å². The molecule has 0 saturated carbocycles. The van der Waals surface area contributed by atoms with E-state index in [9.17, 15) is 10.2 Å². The molecule has 15 heavy (non-hydrogen) atoms. The van der Waals surface area contributed by atoms with Crippen LogP contribution in [0, 0.1) is 0 Å². The number of likely N-dealkylation sites (N-methyl/N-ethyl adjacent to an activating group) is 1. The van der Waals surface area contributed by atoms with Crippen LogP contribution < -0.4 is 10.2 Å². The molecule has 0 aliphatic carbocycles. The summed E-state index contributed by atoms with van der Waals surface area (Å²) in [5.41, 5.74) is 0. The average molecular weight is 229 g/mol. The standard InChI is InChI=1S/C7H11N5O2S/c1-12-4-3(8-5(13)6(12)14)9-7(15-2)11-10-4/h5-6,13-14H,1-2H3,(H,8,9,11)/t5-,6+/m1/s1. The fourth-order valence-electron chi connectivity index (χ4n) is 1.28. The maximum Gasteiger partial charge on any atom is 0.210 e. The lowest BCUT2D eigenvalue weighted by atomic mass is 10.3. The van der Waals surface area contributed by atoms with Crippen LogP contribution in [0.4, 0.5) is 11.6 Å². The zero-order valence-corrected chi connectivity index (χ0v) is 9.06. The van der Waals surface area contributed by atoms with Crippen LogP contribution in [0.1, 0.15) is 0 Å². The number of thioether (sulfide) groups is 1. The number of nitrogens with one attached hydrogen (secondary N) is 1. The molecule has 3 N–H and O–H groups in total. The first-order chi connectivity index (χ1) is 7.13. The molecular weight excluding hydrogens is 218 g/mol. The minimum Gasteiger partial charge on any atom is -0.369 e. The minimum atomic E-state index is -1.08. The highest BCUT2D eigenvalue weighted by atomic mass is 32.2. The summed E-state index contributed by atoms with van der Waals surface area (Å²) in [5, 5.41) is 29.9. The molecule has 7 nitrogen and oxygen atoms in total. The number of fused-ring (bicyclic) bond motifs is 1. The van der Waals surface area contributed by atoms with E-state index < -0.39 is 12.5 Å². The van der Waals surface area contributed by atoms with Crippen molar-refractivity contribution in [3.05, 3.63) is 0 Å². The molecule has 0 amide bonds. The topological polar surface area (TPSA) is 94.4 Å². The number of aliphatic hydroxyl groups excluding tert-OH is 2. The van der Waals surface area contributed by atoms with Crippen LogP contribution in [0.2, 0.25) is 0 Å². The van der Waals surface area contributed by atoms with Crippen LogP contribution >= 0.6 is 11.8 Å². The maximum atomic E-state index is 9.53. The van der Waals surface area contributed by atoms with E-state index in [4.69, 9.17) is 0 Å². The molecule has 1 aromatic heterocycles.